The zero-order chi connectivity index (χ0) is 8.81. The van der Waals surface area contributed by atoms with Gasteiger partial charge in [0.1, 0.15) is 6.54 Å². The Balaban J connectivity index is 2.53. The van der Waals surface area contributed by atoms with Crippen LogP contribution in [0.4, 0.5) is 0 Å². The van der Waals surface area contributed by atoms with E-state index in [1.54, 1.807) is 0 Å². The standard InChI is InChI=1S/C11H18N/c1-3-5-8-12-9-6-11(4-2)7-10-12/h6-7,9-10H,3-5,8H2,1-2H3/q+1. The third kappa shape index (κ3) is 2.65. The monoisotopic (exact) mass is 164 g/mol. The summed E-state index contributed by atoms with van der Waals surface area (Å²) in [4.78, 5) is 0. The highest BCUT2D eigenvalue weighted by molar-refractivity contribution is 5.06. The lowest BCUT2D eigenvalue weighted by Crippen LogP contribution is -2.32. The molecule has 0 aromatic carbocycles. The number of aromatic nitrogens is 1. The first-order valence-electron chi connectivity index (χ1n) is 4.84. The molecule has 0 amide bonds. The van der Waals surface area contributed by atoms with E-state index in [0.29, 0.717) is 0 Å². The Morgan fingerprint density at radius 1 is 1.17 bits per heavy atom. The van der Waals surface area contributed by atoms with E-state index in [2.05, 4.69) is 42.9 Å². The van der Waals surface area contributed by atoms with Gasteiger partial charge in [0.15, 0.2) is 12.4 Å². The van der Waals surface area contributed by atoms with Crippen LogP contribution in [0.5, 0.6) is 0 Å². The van der Waals surface area contributed by atoms with E-state index in [0.717, 1.165) is 13.0 Å². The Kier molecular flexibility index (Phi) is 3.78. The third-order valence-corrected chi connectivity index (χ3v) is 2.14. The smallest absolute Gasteiger partial charge is 0.169 e. The predicted octanol–water partition coefficient (Wildman–Crippen LogP) is 2.34. The molecular weight excluding hydrogens is 146 g/mol. The second-order valence-electron chi connectivity index (χ2n) is 3.15. The van der Waals surface area contributed by atoms with Gasteiger partial charge in [-0.05, 0) is 12.0 Å². The maximum Gasteiger partial charge on any atom is 0.169 e. The fourth-order valence-electron chi connectivity index (χ4n) is 1.21. The van der Waals surface area contributed by atoms with Crippen molar-refractivity contribution in [1.29, 1.82) is 0 Å². The van der Waals surface area contributed by atoms with E-state index >= 15 is 0 Å². The van der Waals surface area contributed by atoms with Crippen LogP contribution in [-0.2, 0) is 13.0 Å². The Hall–Kier alpha value is -0.850. The van der Waals surface area contributed by atoms with E-state index in [-0.39, 0.29) is 0 Å². The minimum Gasteiger partial charge on any atom is -0.205 e. The van der Waals surface area contributed by atoms with Crippen LogP contribution in [0.15, 0.2) is 24.5 Å². The molecule has 0 atom stereocenters. The van der Waals surface area contributed by atoms with Crippen molar-refractivity contribution in [2.45, 2.75) is 39.7 Å². The van der Waals surface area contributed by atoms with Gasteiger partial charge >= 0.3 is 0 Å². The molecule has 0 saturated carbocycles. The zero-order valence-electron chi connectivity index (χ0n) is 8.09. The van der Waals surface area contributed by atoms with E-state index in [9.17, 15) is 0 Å². The van der Waals surface area contributed by atoms with Gasteiger partial charge in [-0.15, -0.1) is 0 Å². The summed E-state index contributed by atoms with van der Waals surface area (Å²) in [5.41, 5.74) is 1.42. The fourth-order valence-corrected chi connectivity index (χ4v) is 1.21. The van der Waals surface area contributed by atoms with Crippen molar-refractivity contribution in [3.63, 3.8) is 0 Å². The summed E-state index contributed by atoms with van der Waals surface area (Å²) in [6.45, 7) is 5.56. The number of aryl methyl sites for hydroxylation is 2. The third-order valence-electron chi connectivity index (χ3n) is 2.14. The highest BCUT2D eigenvalue weighted by Crippen LogP contribution is 1.95. The van der Waals surface area contributed by atoms with Crippen molar-refractivity contribution < 1.29 is 4.57 Å². The van der Waals surface area contributed by atoms with E-state index in [4.69, 9.17) is 0 Å². The van der Waals surface area contributed by atoms with Gasteiger partial charge in [-0.2, -0.15) is 0 Å². The number of pyridine rings is 1. The Morgan fingerprint density at radius 2 is 1.83 bits per heavy atom. The molecule has 12 heavy (non-hydrogen) atoms. The first kappa shape index (κ1) is 9.24. The molecule has 0 saturated heterocycles. The van der Waals surface area contributed by atoms with Crippen LogP contribution < -0.4 is 4.57 Å². The molecule has 0 unspecified atom stereocenters. The molecule has 0 aliphatic carbocycles. The molecule has 1 rings (SSSR count). The second kappa shape index (κ2) is 4.91. The summed E-state index contributed by atoms with van der Waals surface area (Å²) in [6.07, 6.45) is 8.02. The highest BCUT2D eigenvalue weighted by atomic mass is 14.9. The van der Waals surface area contributed by atoms with Gasteiger partial charge in [0.05, 0.1) is 0 Å². The molecule has 66 valence electrons. The molecule has 0 aliphatic heterocycles. The van der Waals surface area contributed by atoms with E-state index in [1.165, 1.54) is 18.4 Å². The van der Waals surface area contributed by atoms with Crippen molar-refractivity contribution in [3.8, 4) is 0 Å². The fraction of sp³-hybridized carbons (Fsp3) is 0.545. The van der Waals surface area contributed by atoms with Crippen LogP contribution in [0.25, 0.3) is 0 Å². The summed E-state index contributed by atoms with van der Waals surface area (Å²) in [5.74, 6) is 0. The maximum absolute atomic E-state index is 2.25. The molecule has 1 heteroatoms. The van der Waals surface area contributed by atoms with Gasteiger partial charge in [-0.3, -0.25) is 0 Å². The predicted molar refractivity (Wildman–Crippen MR) is 50.9 cm³/mol. The first-order valence-corrected chi connectivity index (χ1v) is 4.84. The Morgan fingerprint density at radius 3 is 2.33 bits per heavy atom. The minimum atomic E-state index is 1.13. The summed E-state index contributed by atoms with van der Waals surface area (Å²) in [6, 6.07) is 4.41. The maximum atomic E-state index is 2.25. The van der Waals surface area contributed by atoms with Gasteiger partial charge in [-0.1, -0.05) is 20.3 Å². The van der Waals surface area contributed by atoms with Gasteiger partial charge in [0.25, 0.3) is 0 Å². The van der Waals surface area contributed by atoms with Crippen LogP contribution in [0.2, 0.25) is 0 Å². The van der Waals surface area contributed by atoms with Crippen molar-refractivity contribution in [3.05, 3.63) is 30.1 Å². The van der Waals surface area contributed by atoms with E-state index in [1.807, 2.05) is 0 Å². The molecule has 0 bridgehead atoms. The highest BCUT2D eigenvalue weighted by Gasteiger charge is 1.97. The molecule has 0 aliphatic rings. The number of nitrogens with zero attached hydrogens (tertiary/aromatic N) is 1. The first-order chi connectivity index (χ1) is 5.86. The molecule has 0 spiro atoms. The molecular formula is C11H18N+. The van der Waals surface area contributed by atoms with E-state index < -0.39 is 0 Å². The van der Waals surface area contributed by atoms with Crippen LogP contribution in [0.1, 0.15) is 32.3 Å². The summed E-state index contributed by atoms with van der Waals surface area (Å²) >= 11 is 0. The van der Waals surface area contributed by atoms with Gasteiger partial charge in [0.2, 0.25) is 0 Å². The van der Waals surface area contributed by atoms with Gasteiger partial charge in [0, 0.05) is 18.6 Å². The Bertz CT molecular complexity index is 213. The molecule has 0 fully saturated rings. The largest absolute Gasteiger partial charge is 0.205 e. The number of rotatable bonds is 4. The summed E-state index contributed by atoms with van der Waals surface area (Å²) in [7, 11) is 0. The topological polar surface area (TPSA) is 3.88 Å². The Labute approximate surface area is 75.1 Å². The minimum absolute atomic E-state index is 1.13. The van der Waals surface area contributed by atoms with Crippen molar-refractivity contribution >= 4 is 0 Å². The summed E-state index contributed by atoms with van der Waals surface area (Å²) in [5, 5.41) is 0. The normalized spacial score (nSPS) is 10.2. The number of hydrogen-bond donors (Lipinski definition) is 0. The molecule has 0 N–H and O–H groups in total. The van der Waals surface area contributed by atoms with Gasteiger partial charge in [-0.25, -0.2) is 4.57 Å². The number of unbranched alkanes of at least 4 members (excludes halogenated alkanes) is 1. The van der Waals surface area contributed by atoms with Crippen molar-refractivity contribution in [1.82, 2.24) is 0 Å². The quantitative estimate of drug-likeness (QED) is 0.601. The van der Waals surface area contributed by atoms with Crippen LogP contribution in [-0.4, -0.2) is 0 Å². The molecule has 1 aromatic rings. The average Bonchev–Trinajstić information content (AvgIpc) is 2.15. The van der Waals surface area contributed by atoms with Crippen LogP contribution in [0.3, 0.4) is 0 Å². The molecule has 0 radical (unpaired) electrons. The van der Waals surface area contributed by atoms with Crippen LogP contribution >= 0.6 is 0 Å². The van der Waals surface area contributed by atoms with Crippen molar-refractivity contribution in [2.24, 2.45) is 0 Å². The van der Waals surface area contributed by atoms with Crippen molar-refractivity contribution in [2.75, 3.05) is 0 Å². The lowest BCUT2D eigenvalue weighted by Gasteiger charge is -1.96. The number of hydrogen-bond acceptors (Lipinski definition) is 0. The van der Waals surface area contributed by atoms with Gasteiger partial charge < -0.3 is 0 Å². The lowest BCUT2D eigenvalue weighted by molar-refractivity contribution is -0.697. The molecule has 1 nitrogen and oxygen atoms in total. The average molecular weight is 164 g/mol. The SMILES string of the molecule is CCCC[n+]1ccc(CC)cc1. The van der Waals surface area contributed by atoms with Crippen LogP contribution in [0, 0.1) is 0 Å². The lowest BCUT2D eigenvalue weighted by atomic mass is 10.2. The molecule has 1 heterocycles. The zero-order valence-corrected chi connectivity index (χ0v) is 8.09. The molecule has 1 aromatic heterocycles. The summed E-state index contributed by atoms with van der Waals surface area (Å²) < 4.78 is 2.25. The second-order valence-corrected chi connectivity index (χ2v) is 3.15.